The summed E-state index contributed by atoms with van der Waals surface area (Å²) in [6.45, 7) is 1.93. The molecule has 0 spiro atoms. The van der Waals surface area contributed by atoms with Gasteiger partial charge in [0.05, 0.1) is 35.9 Å². The summed E-state index contributed by atoms with van der Waals surface area (Å²) in [5.41, 5.74) is 1.48. The molecule has 3 aromatic rings. The van der Waals surface area contributed by atoms with Crippen molar-refractivity contribution in [3.8, 4) is 0 Å². The summed E-state index contributed by atoms with van der Waals surface area (Å²) in [7, 11) is 0. The smallest absolute Gasteiger partial charge is 0.338 e. The summed E-state index contributed by atoms with van der Waals surface area (Å²) < 4.78 is 17.5. The Morgan fingerprint density at radius 2 is 1.33 bits per heavy atom. The highest BCUT2D eigenvalue weighted by molar-refractivity contribution is 5.97. The largest absolute Gasteiger partial charge is 0.459 e. The Kier molecular flexibility index (Phi) is 8.60. The third-order valence-corrected chi connectivity index (χ3v) is 6.08. The van der Waals surface area contributed by atoms with E-state index < -0.39 is 36.3 Å². The molecular weight excluding hydrogens is 458 g/mol. The molecule has 0 bridgehead atoms. The number of carbonyl (C=O) groups is 3. The second-order valence-corrected chi connectivity index (χ2v) is 8.67. The van der Waals surface area contributed by atoms with Crippen molar-refractivity contribution >= 4 is 17.7 Å². The highest BCUT2D eigenvalue weighted by Crippen LogP contribution is 2.25. The number of carbonyl (C=O) groups excluding carboxylic acids is 3. The van der Waals surface area contributed by atoms with Crippen molar-refractivity contribution < 1.29 is 28.6 Å². The third kappa shape index (κ3) is 6.65. The molecule has 4 atom stereocenters. The number of hydrogen-bond acceptors (Lipinski definition) is 7. The van der Waals surface area contributed by atoms with Gasteiger partial charge in [0.25, 0.3) is 0 Å². The number of hydrogen-bond donors (Lipinski definition) is 1. The predicted octanol–water partition coefficient (Wildman–Crippen LogP) is 4.09. The molecular formula is C29H29NO6. The molecule has 7 nitrogen and oxygen atoms in total. The molecule has 0 amide bonds. The van der Waals surface area contributed by atoms with Crippen LogP contribution in [0.15, 0.2) is 91.0 Å². The maximum atomic E-state index is 12.8. The SMILES string of the molecule is CC1OC(COC(=O)c2ccccc2)CC(OC(=O)c2ccccc2)C1NCC(=O)c1ccccc1. The first-order valence-electron chi connectivity index (χ1n) is 12.0. The molecule has 36 heavy (non-hydrogen) atoms. The molecule has 0 aliphatic carbocycles. The number of benzene rings is 3. The van der Waals surface area contributed by atoms with Crippen LogP contribution in [0, 0.1) is 0 Å². The first-order valence-corrected chi connectivity index (χ1v) is 12.0. The van der Waals surface area contributed by atoms with Crippen molar-refractivity contribution in [1.82, 2.24) is 5.32 Å². The van der Waals surface area contributed by atoms with Gasteiger partial charge in [0, 0.05) is 12.0 Å². The van der Waals surface area contributed by atoms with Gasteiger partial charge in [-0.3, -0.25) is 4.79 Å². The number of Topliss-reactive ketones (excluding diaryl/α,β-unsaturated/α-hetero) is 1. The number of ether oxygens (including phenoxy) is 3. The minimum Gasteiger partial charge on any atom is -0.459 e. The van der Waals surface area contributed by atoms with Crippen LogP contribution in [0.25, 0.3) is 0 Å². The number of ketones is 1. The predicted molar refractivity (Wildman–Crippen MR) is 134 cm³/mol. The van der Waals surface area contributed by atoms with E-state index in [1.54, 1.807) is 60.7 Å². The minimum absolute atomic E-state index is 0.0210. The fraction of sp³-hybridized carbons (Fsp3) is 0.276. The van der Waals surface area contributed by atoms with Crippen molar-refractivity contribution in [3.05, 3.63) is 108 Å². The molecule has 3 aromatic carbocycles. The van der Waals surface area contributed by atoms with Crippen molar-refractivity contribution in [2.24, 2.45) is 0 Å². The summed E-state index contributed by atoms with van der Waals surface area (Å²) in [6.07, 6.45) is -1.16. The van der Waals surface area contributed by atoms with Crippen LogP contribution in [-0.2, 0) is 14.2 Å². The van der Waals surface area contributed by atoms with Gasteiger partial charge in [-0.05, 0) is 31.2 Å². The first kappa shape index (κ1) is 25.3. The van der Waals surface area contributed by atoms with Gasteiger partial charge in [-0.25, -0.2) is 9.59 Å². The Morgan fingerprint density at radius 1 is 0.806 bits per heavy atom. The molecule has 1 aliphatic rings. The highest BCUT2D eigenvalue weighted by Gasteiger charge is 2.39. The molecule has 0 radical (unpaired) electrons. The van der Waals surface area contributed by atoms with E-state index in [9.17, 15) is 14.4 Å². The quantitative estimate of drug-likeness (QED) is 0.359. The van der Waals surface area contributed by atoms with Crippen LogP contribution in [0.2, 0.25) is 0 Å². The van der Waals surface area contributed by atoms with Gasteiger partial charge in [0.15, 0.2) is 5.78 Å². The number of esters is 2. The Hall–Kier alpha value is -3.81. The van der Waals surface area contributed by atoms with E-state index in [1.165, 1.54) is 0 Å². The topological polar surface area (TPSA) is 90.9 Å². The van der Waals surface area contributed by atoms with Gasteiger partial charge >= 0.3 is 11.9 Å². The van der Waals surface area contributed by atoms with Gasteiger partial charge in [-0.1, -0.05) is 66.7 Å². The van der Waals surface area contributed by atoms with Crippen LogP contribution in [0.5, 0.6) is 0 Å². The van der Waals surface area contributed by atoms with E-state index in [4.69, 9.17) is 14.2 Å². The summed E-state index contributed by atoms with van der Waals surface area (Å²) in [6, 6.07) is 26.0. The molecule has 1 saturated heterocycles. The van der Waals surface area contributed by atoms with E-state index in [-0.39, 0.29) is 18.9 Å². The second-order valence-electron chi connectivity index (χ2n) is 8.67. The Bertz CT molecular complexity index is 1150. The average molecular weight is 488 g/mol. The third-order valence-electron chi connectivity index (χ3n) is 6.08. The maximum absolute atomic E-state index is 12.8. The van der Waals surface area contributed by atoms with Crippen molar-refractivity contribution in [1.29, 1.82) is 0 Å². The number of nitrogens with one attached hydrogen (secondary N) is 1. The summed E-state index contributed by atoms with van der Waals surface area (Å²) in [5.74, 6) is -0.982. The zero-order valence-corrected chi connectivity index (χ0v) is 20.0. The van der Waals surface area contributed by atoms with Gasteiger partial charge in [0.2, 0.25) is 0 Å². The molecule has 1 fully saturated rings. The summed E-state index contributed by atoms with van der Waals surface area (Å²) >= 11 is 0. The van der Waals surface area contributed by atoms with E-state index >= 15 is 0 Å². The molecule has 1 aliphatic heterocycles. The van der Waals surface area contributed by atoms with Crippen molar-refractivity contribution in [3.63, 3.8) is 0 Å². The van der Waals surface area contributed by atoms with Gasteiger partial charge in [-0.2, -0.15) is 0 Å². The molecule has 4 rings (SSSR count). The number of rotatable bonds is 9. The summed E-state index contributed by atoms with van der Waals surface area (Å²) in [5, 5.41) is 3.23. The molecule has 4 unspecified atom stereocenters. The first-order chi connectivity index (χ1) is 17.5. The fourth-order valence-corrected chi connectivity index (χ4v) is 4.22. The Morgan fingerprint density at radius 3 is 1.92 bits per heavy atom. The maximum Gasteiger partial charge on any atom is 0.338 e. The van der Waals surface area contributed by atoms with Crippen LogP contribution < -0.4 is 5.32 Å². The average Bonchev–Trinajstić information content (AvgIpc) is 2.92. The van der Waals surface area contributed by atoms with Crippen LogP contribution in [0.1, 0.15) is 44.4 Å². The zero-order valence-electron chi connectivity index (χ0n) is 20.0. The molecule has 0 aromatic heterocycles. The fourth-order valence-electron chi connectivity index (χ4n) is 4.22. The Balaban J connectivity index is 1.43. The standard InChI is InChI=1S/C29H29NO6/c1-20-27(30-18-25(31)21-11-5-2-6-12-21)26(36-29(33)23-15-9-4-10-16-23)17-24(35-20)19-34-28(32)22-13-7-3-8-14-22/h2-16,20,24,26-27,30H,17-19H2,1H3. The van der Waals surface area contributed by atoms with Gasteiger partial charge in [-0.15, -0.1) is 0 Å². The van der Waals surface area contributed by atoms with E-state index in [2.05, 4.69) is 5.32 Å². The highest BCUT2D eigenvalue weighted by atomic mass is 16.6. The van der Waals surface area contributed by atoms with Gasteiger partial charge in [0.1, 0.15) is 12.7 Å². The summed E-state index contributed by atoms with van der Waals surface area (Å²) in [4.78, 5) is 37.9. The molecule has 186 valence electrons. The molecule has 7 heteroatoms. The normalized spacial score (nSPS) is 21.4. The van der Waals surface area contributed by atoms with Gasteiger partial charge < -0.3 is 19.5 Å². The lowest BCUT2D eigenvalue weighted by Crippen LogP contribution is -2.57. The zero-order chi connectivity index (χ0) is 25.3. The lowest BCUT2D eigenvalue weighted by Gasteiger charge is -2.40. The van der Waals surface area contributed by atoms with E-state index in [0.29, 0.717) is 23.1 Å². The monoisotopic (exact) mass is 487 g/mol. The van der Waals surface area contributed by atoms with Crippen LogP contribution >= 0.6 is 0 Å². The van der Waals surface area contributed by atoms with Crippen LogP contribution in [-0.4, -0.2) is 55.2 Å². The van der Waals surface area contributed by atoms with Crippen molar-refractivity contribution in [2.75, 3.05) is 13.2 Å². The molecule has 0 saturated carbocycles. The van der Waals surface area contributed by atoms with Crippen LogP contribution in [0.3, 0.4) is 0 Å². The lowest BCUT2D eigenvalue weighted by molar-refractivity contribution is -0.127. The molecule has 1 heterocycles. The minimum atomic E-state index is -0.592. The van der Waals surface area contributed by atoms with E-state index in [1.807, 2.05) is 37.3 Å². The lowest BCUT2D eigenvalue weighted by atomic mass is 9.95. The second kappa shape index (κ2) is 12.2. The van der Waals surface area contributed by atoms with Crippen LogP contribution in [0.4, 0.5) is 0 Å². The van der Waals surface area contributed by atoms with E-state index in [0.717, 1.165) is 0 Å². The van der Waals surface area contributed by atoms with Crippen molar-refractivity contribution in [2.45, 2.75) is 37.7 Å². The molecule has 1 N–H and O–H groups in total. The Labute approximate surface area is 210 Å².